The van der Waals surface area contributed by atoms with Gasteiger partial charge in [-0.2, -0.15) is 0 Å². The van der Waals surface area contributed by atoms with Gasteiger partial charge < -0.3 is 9.47 Å². The minimum atomic E-state index is 0.747. The van der Waals surface area contributed by atoms with Crippen LogP contribution in [-0.2, 0) is 0 Å². The Bertz CT molecular complexity index is 540. The lowest BCUT2D eigenvalue weighted by atomic mass is 10.1. The normalized spacial score (nSPS) is 10.5. The van der Waals surface area contributed by atoms with Gasteiger partial charge in [0.05, 0.1) is 19.9 Å². The van der Waals surface area contributed by atoms with Crippen molar-refractivity contribution in [3.05, 3.63) is 24.0 Å². The van der Waals surface area contributed by atoms with Crippen molar-refractivity contribution in [3.8, 4) is 11.5 Å². The standard InChI is InChI=1S/C12H13NO2S/c1-7-12(16)9-4-8(14-2)5-11(15-3)10(9)6-13-7/h4-6,16H,1-3H3. The molecule has 0 aliphatic rings. The third-order valence-electron chi connectivity index (χ3n) is 2.56. The van der Waals surface area contributed by atoms with Crippen LogP contribution in [0.5, 0.6) is 11.5 Å². The quantitative estimate of drug-likeness (QED) is 0.812. The van der Waals surface area contributed by atoms with Crippen LogP contribution < -0.4 is 9.47 Å². The molecular weight excluding hydrogens is 222 g/mol. The minimum Gasteiger partial charge on any atom is -0.497 e. The van der Waals surface area contributed by atoms with Crippen LogP contribution in [0.3, 0.4) is 0 Å². The number of methoxy groups -OCH3 is 2. The zero-order valence-corrected chi connectivity index (χ0v) is 10.3. The minimum absolute atomic E-state index is 0.747. The third-order valence-corrected chi connectivity index (χ3v) is 3.12. The summed E-state index contributed by atoms with van der Waals surface area (Å²) < 4.78 is 10.5. The van der Waals surface area contributed by atoms with Gasteiger partial charge in [-0.15, -0.1) is 12.6 Å². The van der Waals surface area contributed by atoms with E-state index in [2.05, 4.69) is 17.6 Å². The van der Waals surface area contributed by atoms with E-state index in [1.165, 1.54) is 0 Å². The van der Waals surface area contributed by atoms with E-state index in [0.717, 1.165) is 32.9 Å². The molecule has 0 N–H and O–H groups in total. The van der Waals surface area contributed by atoms with E-state index in [4.69, 9.17) is 9.47 Å². The highest BCUT2D eigenvalue weighted by Crippen LogP contribution is 2.34. The number of thiol groups is 1. The van der Waals surface area contributed by atoms with Gasteiger partial charge in [0.1, 0.15) is 11.5 Å². The number of fused-ring (bicyclic) bond motifs is 1. The van der Waals surface area contributed by atoms with E-state index >= 15 is 0 Å². The maximum Gasteiger partial charge on any atom is 0.131 e. The molecule has 1 aromatic heterocycles. The van der Waals surface area contributed by atoms with Crippen LogP contribution in [0.2, 0.25) is 0 Å². The molecule has 0 spiro atoms. The van der Waals surface area contributed by atoms with Gasteiger partial charge in [-0.05, 0) is 13.0 Å². The second-order valence-corrected chi connectivity index (χ2v) is 3.93. The first-order valence-corrected chi connectivity index (χ1v) is 5.32. The molecule has 0 radical (unpaired) electrons. The molecule has 0 fully saturated rings. The van der Waals surface area contributed by atoms with Crippen LogP contribution in [0, 0.1) is 6.92 Å². The van der Waals surface area contributed by atoms with Crippen LogP contribution in [0.15, 0.2) is 23.2 Å². The number of pyridine rings is 1. The summed E-state index contributed by atoms with van der Waals surface area (Å²) in [6.07, 6.45) is 1.79. The van der Waals surface area contributed by atoms with Crippen LogP contribution in [0.4, 0.5) is 0 Å². The van der Waals surface area contributed by atoms with E-state index in [-0.39, 0.29) is 0 Å². The van der Waals surface area contributed by atoms with Crippen molar-refractivity contribution in [2.24, 2.45) is 0 Å². The van der Waals surface area contributed by atoms with E-state index in [9.17, 15) is 0 Å². The van der Waals surface area contributed by atoms with Crippen molar-refractivity contribution >= 4 is 23.4 Å². The van der Waals surface area contributed by atoms with Crippen LogP contribution in [0.1, 0.15) is 5.69 Å². The summed E-state index contributed by atoms with van der Waals surface area (Å²) in [5, 5.41) is 1.94. The summed E-state index contributed by atoms with van der Waals surface area (Å²) in [5.74, 6) is 1.50. The molecule has 84 valence electrons. The molecule has 0 unspecified atom stereocenters. The van der Waals surface area contributed by atoms with Gasteiger partial charge in [-0.1, -0.05) is 0 Å². The fourth-order valence-electron chi connectivity index (χ4n) is 1.63. The monoisotopic (exact) mass is 235 g/mol. The predicted octanol–water partition coefficient (Wildman–Crippen LogP) is 2.85. The largest absolute Gasteiger partial charge is 0.497 e. The lowest BCUT2D eigenvalue weighted by molar-refractivity contribution is 0.398. The highest BCUT2D eigenvalue weighted by molar-refractivity contribution is 7.80. The second kappa shape index (κ2) is 4.22. The Balaban J connectivity index is 2.84. The van der Waals surface area contributed by atoms with Crippen molar-refractivity contribution in [1.82, 2.24) is 4.98 Å². The molecule has 0 atom stereocenters. The first-order chi connectivity index (χ1) is 7.67. The number of ether oxygens (including phenoxy) is 2. The molecule has 0 bridgehead atoms. The summed E-state index contributed by atoms with van der Waals surface area (Å²) in [6, 6.07) is 3.78. The molecule has 4 heteroatoms. The topological polar surface area (TPSA) is 31.4 Å². The number of aryl methyl sites for hydroxylation is 1. The summed E-state index contributed by atoms with van der Waals surface area (Å²) in [7, 11) is 3.26. The van der Waals surface area contributed by atoms with Crippen molar-refractivity contribution in [2.75, 3.05) is 14.2 Å². The van der Waals surface area contributed by atoms with Gasteiger partial charge in [0.25, 0.3) is 0 Å². The van der Waals surface area contributed by atoms with Gasteiger partial charge >= 0.3 is 0 Å². The zero-order valence-electron chi connectivity index (χ0n) is 9.44. The van der Waals surface area contributed by atoms with Crippen molar-refractivity contribution in [3.63, 3.8) is 0 Å². The summed E-state index contributed by atoms with van der Waals surface area (Å²) in [4.78, 5) is 5.13. The maximum atomic E-state index is 5.31. The molecule has 0 amide bonds. The molecule has 0 saturated carbocycles. The Morgan fingerprint density at radius 3 is 2.50 bits per heavy atom. The van der Waals surface area contributed by atoms with E-state index in [1.807, 2.05) is 19.1 Å². The maximum absolute atomic E-state index is 5.31. The van der Waals surface area contributed by atoms with Crippen LogP contribution >= 0.6 is 12.6 Å². The highest BCUT2D eigenvalue weighted by atomic mass is 32.1. The fraction of sp³-hybridized carbons (Fsp3) is 0.250. The first-order valence-electron chi connectivity index (χ1n) is 4.87. The average molecular weight is 235 g/mol. The Hall–Kier alpha value is -1.42. The van der Waals surface area contributed by atoms with Gasteiger partial charge in [-0.3, -0.25) is 4.98 Å². The first kappa shape index (κ1) is 11.1. The molecule has 0 aliphatic carbocycles. The Labute approximate surface area is 99.8 Å². The molecule has 16 heavy (non-hydrogen) atoms. The van der Waals surface area contributed by atoms with Crippen molar-refractivity contribution in [2.45, 2.75) is 11.8 Å². The Morgan fingerprint density at radius 2 is 1.88 bits per heavy atom. The third kappa shape index (κ3) is 1.69. The number of hydrogen-bond acceptors (Lipinski definition) is 4. The molecule has 0 saturated heterocycles. The smallest absolute Gasteiger partial charge is 0.131 e. The van der Waals surface area contributed by atoms with E-state index < -0.39 is 0 Å². The van der Waals surface area contributed by atoms with Gasteiger partial charge in [0.2, 0.25) is 0 Å². The SMILES string of the molecule is COc1cc(OC)c2cnc(C)c(S)c2c1. The fourth-order valence-corrected chi connectivity index (χ4v) is 1.88. The van der Waals surface area contributed by atoms with Crippen molar-refractivity contribution < 1.29 is 9.47 Å². The molecule has 2 aromatic rings. The molecule has 2 rings (SSSR count). The van der Waals surface area contributed by atoms with Gasteiger partial charge in [0.15, 0.2) is 0 Å². The number of benzene rings is 1. The predicted molar refractivity (Wildman–Crippen MR) is 66.8 cm³/mol. The Morgan fingerprint density at radius 1 is 1.12 bits per heavy atom. The zero-order chi connectivity index (χ0) is 11.7. The summed E-state index contributed by atoms with van der Waals surface area (Å²) in [6.45, 7) is 1.92. The lowest BCUT2D eigenvalue weighted by Gasteiger charge is -2.10. The van der Waals surface area contributed by atoms with Crippen LogP contribution in [0.25, 0.3) is 10.8 Å². The number of aromatic nitrogens is 1. The molecule has 1 heterocycles. The Kier molecular flexibility index (Phi) is 2.92. The second-order valence-electron chi connectivity index (χ2n) is 3.48. The van der Waals surface area contributed by atoms with Gasteiger partial charge in [-0.25, -0.2) is 0 Å². The van der Waals surface area contributed by atoms with Gasteiger partial charge in [0, 0.05) is 27.9 Å². The summed E-state index contributed by atoms with van der Waals surface area (Å²) in [5.41, 5.74) is 0.895. The summed E-state index contributed by atoms with van der Waals surface area (Å²) >= 11 is 4.46. The van der Waals surface area contributed by atoms with Crippen molar-refractivity contribution in [1.29, 1.82) is 0 Å². The average Bonchev–Trinajstić information content (AvgIpc) is 2.32. The molecule has 1 aromatic carbocycles. The molecular formula is C12H13NO2S. The van der Waals surface area contributed by atoms with Crippen LogP contribution in [-0.4, -0.2) is 19.2 Å². The lowest BCUT2D eigenvalue weighted by Crippen LogP contribution is -1.92. The van der Waals surface area contributed by atoms with E-state index in [0.29, 0.717) is 0 Å². The number of hydrogen-bond donors (Lipinski definition) is 1. The highest BCUT2D eigenvalue weighted by Gasteiger charge is 2.09. The molecule has 0 aliphatic heterocycles. The number of nitrogens with zero attached hydrogens (tertiary/aromatic N) is 1. The molecule has 3 nitrogen and oxygen atoms in total. The van der Waals surface area contributed by atoms with E-state index in [1.54, 1.807) is 20.4 Å². The number of rotatable bonds is 2.